The lowest BCUT2D eigenvalue weighted by Gasteiger charge is -2.10. The summed E-state index contributed by atoms with van der Waals surface area (Å²) in [6.45, 7) is 4.84. The van der Waals surface area contributed by atoms with Gasteiger partial charge < -0.3 is 15.4 Å². The van der Waals surface area contributed by atoms with E-state index < -0.39 is 0 Å². The summed E-state index contributed by atoms with van der Waals surface area (Å²) in [5, 5.41) is 15.0. The molecular formula is C18H24N4O3S. The second kappa shape index (κ2) is 10.5. The van der Waals surface area contributed by atoms with Crippen LogP contribution in [0.15, 0.2) is 24.3 Å². The monoisotopic (exact) mass is 376 g/mol. The van der Waals surface area contributed by atoms with Gasteiger partial charge in [0.15, 0.2) is 0 Å². The van der Waals surface area contributed by atoms with Gasteiger partial charge in [-0.2, -0.15) is 0 Å². The quantitative estimate of drug-likeness (QED) is 0.622. The summed E-state index contributed by atoms with van der Waals surface area (Å²) in [7, 11) is 0. The highest BCUT2D eigenvalue weighted by atomic mass is 32.1. The predicted molar refractivity (Wildman–Crippen MR) is 102 cm³/mol. The van der Waals surface area contributed by atoms with Crippen LogP contribution in [0.25, 0.3) is 0 Å². The Balaban J connectivity index is 1.72. The van der Waals surface area contributed by atoms with Crippen LogP contribution in [0.3, 0.4) is 0 Å². The molecule has 0 saturated heterocycles. The molecule has 1 aromatic carbocycles. The number of rotatable bonds is 10. The fourth-order valence-corrected chi connectivity index (χ4v) is 3.14. The van der Waals surface area contributed by atoms with E-state index in [0.717, 1.165) is 17.8 Å². The van der Waals surface area contributed by atoms with Crippen LogP contribution in [0.5, 0.6) is 5.75 Å². The predicted octanol–water partition coefficient (Wildman–Crippen LogP) is 3.04. The number of amides is 2. The average Bonchev–Trinajstić information content (AvgIpc) is 3.06. The fraction of sp³-hybridized carbons (Fsp3) is 0.444. The summed E-state index contributed by atoms with van der Waals surface area (Å²) in [6.07, 6.45) is 2.70. The van der Waals surface area contributed by atoms with Crippen molar-refractivity contribution >= 4 is 28.3 Å². The van der Waals surface area contributed by atoms with Gasteiger partial charge in [-0.25, -0.2) is 0 Å². The van der Waals surface area contributed by atoms with Gasteiger partial charge in [0.1, 0.15) is 10.8 Å². The normalized spacial score (nSPS) is 10.4. The number of aromatic nitrogens is 2. The second-order valence-corrected chi connectivity index (χ2v) is 6.65. The molecule has 2 N–H and O–H groups in total. The molecule has 0 aliphatic carbocycles. The summed E-state index contributed by atoms with van der Waals surface area (Å²) in [5.41, 5.74) is 0.496. The van der Waals surface area contributed by atoms with E-state index in [0.29, 0.717) is 42.4 Å². The molecule has 0 bridgehead atoms. The number of carbonyl (C=O) groups excluding carboxylic acids is 2. The van der Waals surface area contributed by atoms with Gasteiger partial charge in [-0.15, -0.1) is 10.2 Å². The first kappa shape index (κ1) is 19.8. The van der Waals surface area contributed by atoms with Gasteiger partial charge in [0, 0.05) is 19.4 Å². The molecule has 0 unspecified atom stereocenters. The molecule has 0 aliphatic heterocycles. The number of aryl methyl sites for hydroxylation is 1. The van der Waals surface area contributed by atoms with Crippen molar-refractivity contribution in [2.24, 2.45) is 0 Å². The summed E-state index contributed by atoms with van der Waals surface area (Å²) < 4.78 is 5.45. The Bertz CT molecular complexity index is 733. The van der Waals surface area contributed by atoms with Crippen molar-refractivity contribution < 1.29 is 14.3 Å². The van der Waals surface area contributed by atoms with E-state index in [4.69, 9.17) is 4.74 Å². The van der Waals surface area contributed by atoms with Crippen molar-refractivity contribution in [3.63, 3.8) is 0 Å². The Morgan fingerprint density at radius 1 is 1.19 bits per heavy atom. The first-order valence-corrected chi connectivity index (χ1v) is 9.58. The van der Waals surface area contributed by atoms with Gasteiger partial charge in [-0.05, 0) is 31.9 Å². The molecular weight excluding hydrogens is 352 g/mol. The van der Waals surface area contributed by atoms with E-state index in [9.17, 15) is 9.59 Å². The Hall–Kier alpha value is -2.48. The van der Waals surface area contributed by atoms with Crippen molar-refractivity contribution in [2.75, 3.05) is 18.5 Å². The van der Waals surface area contributed by atoms with Crippen LogP contribution in [0, 0.1) is 0 Å². The number of anilines is 1. The van der Waals surface area contributed by atoms with Crippen LogP contribution in [-0.2, 0) is 11.2 Å². The van der Waals surface area contributed by atoms with E-state index in [1.165, 1.54) is 11.3 Å². The molecule has 0 saturated carbocycles. The van der Waals surface area contributed by atoms with Gasteiger partial charge in [0.25, 0.3) is 5.91 Å². The molecule has 7 nitrogen and oxygen atoms in total. The lowest BCUT2D eigenvalue weighted by molar-refractivity contribution is -0.116. The summed E-state index contributed by atoms with van der Waals surface area (Å²) >= 11 is 1.40. The van der Waals surface area contributed by atoms with E-state index in [-0.39, 0.29) is 11.8 Å². The van der Waals surface area contributed by atoms with Crippen molar-refractivity contribution in [1.82, 2.24) is 15.5 Å². The first-order valence-electron chi connectivity index (χ1n) is 8.76. The molecule has 140 valence electrons. The number of nitrogens with one attached hydrogen (secondary N) is 2. The Morgan fingerprint density at radius 3 is 2.77 bits per heavy atom. The molecule has 8 heteroatoms. The number of para-hydroxylation sites is 1. The number of hydrogen-bond acceptors (Lipinski definition) is 6. The molecule has 0 aliphatic rings. The highest BCUT2D eigenvalue weighted by Crippen LogP contribution is 2.18. The maximum absolute atomic E-state index is 12.2. The summed E-state index contributed by atoms with van der Waals surface area (Å²) in [5.74, 6) is 0.223. The third kappa shape index (κ3) is 6.11. The SMILES string of the molecule is CCCc1nnc(NC(=O)CCCNC(=O)c2ccccc2OCC)s1. The van der Waals surface area contributed by atoms with Crippen LogP contribution in [0.1, 0.15) is 48.5 Å². The molecule has 26 heavy (non-hydrogen) atoms. The molecule has 1 heterocycles. The smallest absolute Gasteiger partial charge is 0.255 e. The molecule has 2 amide bonds. The van der Waals surface area contributed by atoms with Gasteiger partial charge in [0.2, 0.25) is 11.0 Å². The third-order valence-corrected chi connectivity index (χ3v) is 4.37. The van der Waals surface area contributed by atoms with Gasteiger partial charge in [-0.1, -0.05) is 30.4 Å². The molecule has 0 radical (unpaired) electrons. The van der Waals surface area contributed by atoms with E-state index in [2.05, 4.69) is 27.8 Å². The van der Waals surface area contributed by atoms with Crippen molar-refractivity contribution in [3.8, 4) is 5.75 Å². The average molecular weight is 376 g/mol. The molecule has 0 spiro atoms. The number of nitrogens with zero attached hydrogens (tertiary/aromatic N) is 2. The van der Waals surface area contributed by atoms with Crippen LogP contribution in [-0.4, -0.2) is 35.2 Å². The number of ether oxygens (including phenoxy) is 1. The second-order valence-electron chi connectivity index (χ2n) is 5.59. The standard InChI is InChI=1S/C18H24N4O3S/c1-3-8-16-21-22-18(26-16)20-15(23)11-7-12-19-17(24)13-9-5-6-10-14(13)25-4-2/h5-6,9-10H,3-4,7-8,11-12H2,1-2H3,(H,19,24)(H,20,22,23). The van der Waals surface area contributed by atoms with Gasteiger partial charge >= 0.3 is 0 Å². The van der Waals surface area contributed by atoms with Gasteiger partial charge in [0.05, 0.1) is 12.2 Å². The molecule has 0 atom stereocenters. The van der Waals surface area contributed by atoms with E-state index in [1.54, 1.807) is 18.2 Å². The third-order valence-electron chi connectivity index (χ3n) is 3.47. The Morgan fingerprint density at radius 2 is 2.00 bits per heavy atom. The van der Waals surface area contributed by atoms with Crippen molar-refractivity contribution in [3.05, 3.63) is 34.8 Å². The summed E-state index contributed by atoms with van der Waals surface area (Å²) in [6, 6.07) is 7.10. The van der Waals surface area contributed by atoms with Crippen molar-refractivity contribution in [2.45, 2.75) is 39.5 Å². The number of benzene rings is 1. The highest BCUT2D eigenvalue weighted by molar-refractivity contribution is 7.15. The van der Waals surface area contributed by atoms with E-state index in [1.807, 2.05) is 13.0 Å². The maximum Gasteiger partial charge on any atom is 0.255 e. The zero-order valence-corrected chi connectivity index (χ0v) is 15.9. The molecule has 2 aromatic rings. The van der Waals surface area contributed by atoms with Crippen LogP contribution in [0.4, 0.5) is 5.13 Å². The Labute approximate surface area is 157 Å². The van der Waals surface area contributed by atoms with Gasteiger partial charge in [-0.3, -0.25) is 9.59 Å². The maximum atomic E-state index is 12.2. The number of hydrogen-bond donors (Lipinski definition) is 2. The molecule has 1 aromatic heterocycles. The minimum atomic E-state index is -0.206. The fourth-order valence-electron chi connectivity index (χ4n) is 2.28. The van der Waals surface area contributed by atoms with Crippen LogP contribution >= 0.6 is 11.3 Å². The van der Waals surface area contributed by atoms with E-state index >= 15 is 0 Å². The van der Waals surface area contributed by atoms with Crippen molar-refractivity contribution in [1.29, 1.82) is 0 Å². The molecule has 0 fully saturated rings. The minimum absolute atomic E-state index is 0.131. The lowest BCUT2D eigenvalue weighted by Crippen LogP contribution is -2.26. The summed E-state index contributed by atoms with van der Waals surface area (Å²) in [4.78, 5) is 24.2. The lowest BCUT2D eigenvalue weighted by atomic mass is 10.2. The van der Waals surface area contributed by atoms with Crippen LogP contribution < -0.4 is 15.4 Å². The topological polar surface area (TPSA) is 93.2 Å². The molecule has 2 rings (SSSR count). The Kier molecular flexibility index (Phi) is 8.01. The highest BCUT2D eigenvalue weighted by Gasteiger charge is 2.12. The first-order chi connectivity index (χ1) is 12.6. The number of carbonyl (C=O) groups is 2. The largest absolute Gasteiger partial charge is 0.493 e. The zero-order valence-electron chi connectivity index (χ0n) is 15.1. The minimum Gasteiger partial charge on any atom is -0.493 e. The zero-order chi connectivity index (χ0) is 18.8. The van der Waals surface area contributed by atoms with Crippen LogP contribution in [0.2, 0.25) is 0 Å².